The van der Waals surface area contributed by atoms with Gasteiger partial charge in [-0.25, -0.2) is 0 Å². The fraction of sp³-hybridized carbons (Fsp3) is 0.235. The zero-order chi connectivity index (χ0) is 15.8. The Morgan fingerprint density at radius 3 is 2.59 bits per heavy atom. The summed E-state index contributed by atoms with van der Waals surface area (Å²) in [6.45, 7) is 2.71. The first-order valence-corrected chi connectivity index (χ1v) is 7.15. The Kier molecular flexibility index (Phi) is 5.65. The van der Waals surface area contributed by atoms with Crippen LogP contribution in [0.2, 0.25) is 0 Å². The first-order valence-electron chi connectivity index (χ1n) is 7.15. The summed E-state index contributed by atoms with van der Waals surface area (Å²) < 4.78 is 0. The fourth-order valence-electron chi connectivity index (χ4n) is 1.97. The van der Waals surface area contributed by atoms with E-state index in [1.807, 2.05) is 37.3 Å². The van der Waals surface area contributed by atoms with E-state index in [9.17, 15) is 9.59 Å². The standard InChI is InChI=1S/C17H19N3O2/c1-13-3-2-4-15(11-13)17(22)19-10-7-16(21)20-12-14-5-8-18-9-6-14/h2-6,8-9,11H,7,10,12H2,1H3,(H,19,22)(H,20,21). The Labute approximate surface area is 129 Å². The van der Waals surface area contributed by atoms with Crippen molar-refractivity contribution in [1.82, 2.24) is 15.6 Å². The van der Waals surface area contributed by atoms with Gasteiger partial charge < -0.3 is 10.6 Å². The third kappa shape index (κ3) is 5.01. The minimum absolute atomic E-state index is 0.0960. The Hall–Kier alpha value is -2.69. The Bertz CT molecular complexity index is 641. The SMILES string of the molecule is Cc1cccc(C(=O)NCCC(=O)NCc2ccncc2)c1. The van der Waals surface area contributed by atoms with Crippen molar-refractivity contribution >= 4 is 11.8 Å². The second-order valence-electron chi connectivity index (χ2n) is 5.01. The number of rotatable bonds is 6. The molecule has 1 aromatic heterocycles. The van der Waals surface area contributed by atoms with E-state index in [0.29, 0.717) is 18.7 Å². The third-order valence-corrected chi connectivity index (χ3v) is 3.16. The van der Waals surface area contributed by atoms with Gasteiger partial charge in [-0.05, 0) is 36.8 Å². The van der Waals surface area contributed by atoms with Crippen LogP contribution in [0.15, 0.2) is 48.8 Å². The number of aryl methyl sites for hydroxylation is 1. The van der Waals surface area contributed by atoms with Crippen molar-refractivity contribution in [1.29, 1.82) is 0 Å². The van der Waals surface area contributed by atoms with Crippen molar-refractivity contribution < 1.29 is 9.59 Å². The normalized spacial score (nSPS) is 10.0. The summed E-state index contributed by atoms with van der Waals surface area (Å²) in [6.07, 6.45) is 3.62. The van der Waals surface area contributed by atoms with Crippen molar-refractivity contribution in [3.63, 3.8) is 0 Å². The molecule has 1 aromatic carbocycles. The zero-order valence-corrected chi connectivity index (χ0v) is 12.5. The minimum Gasteiger partial charge on any atom is -0.352 e. The molecule has 2 amide bonds. The maximum absolute atomic E-state index is 11.9. The smallest absolute Gasteiger partial charge is 0.251 e. The fourth-order valence-corrected chi connectivity index (χ4v) is 1.97. The number of hydrogen-bond acceptors (Lipinski definition) is 3. The second-order valence-corrected chi connectivity index (χ2v) is 5.01. The van der Waals surface area contributed by atoms with Crippen LogP contribution in [0.1, 0.15) is 27.9 Å². The van der Waals surface area contributed by atoms with Crippen LogP contribution in [0.5, 0.6) is 0 Å². The van der Waals surface area contributed by atoms with Gasteiger partial charge in [0.15, 0.2) is 0 Å². The molecule has 0 unspecified atom stereocenters. The predicted octanol–water partition coefficient (Wildman–Crippen LogP) is 1.83. The number of carbonyl (C=O) groups is 2. The highest BCUT2D eigenvalue weighted by atomic mass is 16.2. The van der Waals surface area contributed by atoms with E-state index in [4.69, 9.17) is 0 Å². The van der Waals surface area contributed by atoms with Crippen molar-refractivity contribution in [2.24, 2.45) is 0 Å². The molecule has 5 heteroatoms. The Morgan fingerprint density at radius 1 is 1.09 bits per heavy atom. The van der Waals surface area contributed by atoms with E-state index in [1.165, 1.54) is 0 Å². The highest BCUT2D eigenvalue weighted by Crippen LogP contribution is 2.03. The molecule has 5 nitrogen and oxygen atoms in total. The monoisotopic (exact) mass is 297 g/mol. The summed E-state index contributed by atoms with van der Waals surface area (Å²) in [4.78, 5) is 27.5. The van der Waals surface area contributed by atoms with Crippen LogP contribution in [-0.4, -0.2) is 23.3 Å². The lowest BCUT2D eigenvalue weighted by molar-refractivity contribution is -0.121. The topological polar surface area (TPSA) is 71.1 Å². The molecule has 0 bridgehead atoms. The maximum atomic E-state index is 11.9. The maximum Gasteiger partial charge on any atom is 0.251 e. The number of aromatic nitrogens is 1. The van der Waals surface area contributed by atoms with Gasteiger partial charge in [0.2, 0.25) is 5.91 Å². The van der Waals surface area contributed by atoms with E-state index in [2.05, 4.69) is 15.6 Å². The highest BCUT2D eigenvalue weighted by Gasteiger charge is 2.06. The molecule has 0 aliphatic heterocycles. The van der Waals surface area contributed by atoms with Crippen LogP contribution >= 0.6 is 0 Å². The quantitative estimate of drug-likeness (QED) is 0.854. The van der Waals surface area contributed by atoms with Crippen molar-refractivity contribution in [2.75, 3.05) is 6.54 Å². The molecule has 0 radical (unpaired) electrons. The minimum atomic E-state index is -0.161. The molecular weight excluding hydrogens is 278 g/mol. The van der Waals surface area contributed by atoms with Gasteiger partial charge in [-0.1, -0.05) is 17.7 Å². The van der Waals surface area contributed by atoms with Crippen LogP contribution in [0.4, 0.5) is 0 Å². The molecule has 0 aliphatic carbocycles. The van der Waals surface area contributed by atoms with Crippen molar-refractivity contribution in [2.45, 2.75) is 19.9 Å². The van der Waals surface area contributed by atoms with Crippen LogP contribution < -0.4 is 10.6 Å². The van der Waals surface area contributed by atoms with Gasteiger partial charge in [-0.2, -0.15) is 0 Å². The molecule has 2 N–H and O–H groups in total. The number of nitrogens with one attached hydrogen (secondary N) is 2. The zero-order valence-electron chi connectivity index (χ0n) is 12.5. The largest absolute Gasteiger partial charge is 0.352 e. The average Bonchev–Trinajstić information content (AvgIpc) is 2.54. The number of nitrogens with zero attached hydrogens (tertiary/aromatic N) is 1. The summed E-state index contributed by atoms with van der Waals surface area (Å²) in [7, 11) is 0. The van der Waals surface area contributed by atoms with Gasteiger partial charge in [-0.3, -0.25) is 14.6 Å². The van der Waals surface area contributed by atoms with Gasteiger partial charge in [0.25, 0.3) is 5.91 Å². The molecule has 0 saturated heterocycles. The molecule has 2 rings (SSSR count). The van der Waals surface area contributed by atoms with Gasteiger partial charge in [-0.15, -0.1) is 0 Å². The molecule has 0 fully saturated rings. The molecular formula is C17H19N3O2. The number of hydrogen-bond donors (Lipinski definition) is 2. The van der Waals surface area contributed by atoms with Crippen LogP contribution in [-0.2, 0) is 11.3 Å². The number of benzene rings is 1. The molecule has 0 spiro atoms. The van der Waals surface area contributed by atoms with E-state index < -0.39 is 0 Å². The van der Waals surface area contributed by atoms with Gasteiger partial charge in [0, 0.05) is 37.5 Å². The average molecular weight is 297 g/mol. The highest BCUT2D eigenvalue weighted by molar-refractivity contribution is 5.94. The lowest BCUT2D eigenvalue weighted by Crippen LogP contribution is -2.30. The van der Waals surface area contributed by atoms with Gasteiger partial charge in [0.05, 0.1) is 0 Å². The lowest BCUT2D eigenvalue weighted by atomic mass is 10.1. The number of carbonyl (C=O) groups excluding carboxylic acids is 2. The number of pyridine rings is 1. The summed E-state index contributed by atoms with van der Waals surface area (Å²) >= 11 is 0. The summed E-state index contributed by atoms with van der Waals surface area (Å²) in [5.74, 6) is -0.257. The van der Waals surface area contributed by atoms with Crippen LogP contribution in [0.3, 0.4) is 0 Å². The van der Waals surface area contributed by atoms with E-state index in [0.717, 1.165) is 11.1 Å². The van der Waals surface area contributed by atoms with Crippen molar-refractivity contribution in [3.05, 3.63) is 65.5 Å². The third-order valence-electron chi connectivity index (χ3n) is 3.16. The van der Waals surface area contributed by atoms with E-state index in [-0.39, 0.29) is 18.2 Å². The second kappa shape index (κ2) is 7.93. The van der Waals surface area contributed by atoms with Crippen molar-refractivity contribution in [3.8, 4) is 0 Å². The number of amides is 2. The summed E-state index contributed by atoms with van der Waals surface area (Å²) in [5.41, 5.74) is 2.63. The van der Waals surface area contributed by atoms with Crippen LogP contribution in [0, 0.1) is 6.92 Å². The summed E-state index contributed by atoms with van der Waals surface area (Å²) in [6, 6.07) is 11.0. The van der Waals surface area contributed by atoms with Gasteiger partial charge >= 0.3 is 0 Å². The van der Waals surface area contributed by atoms with E-state index >= 15 is 0 Å². The molecule has 22 heavy (non-hydrogen) atoms. The molecule has 0 saturated carbocycles. The molecule has 0 aliphatic rings. The molecule has 114 valence electrons. The molecule has 1 heterocycles. The Balaban J connectivity index is 1.69. The van der Waals surface area contributed by atoms with E-state index in [1.54, 1.807) is 18.5 Å². The van der Waals surface area contributed by atoms with Gasteiger partial charge in [0.1, 0.15) is 0 Å². The first kappa shape index (κ1) is 15.7. The lowest BCUT2D eigenvalue weighted by Gasteiger charge is -2.07. The Morgan fingerprint density at radius 2 is 1.86 bits per heavy atom. The molecule has 2 aromatic rings. The first-order chi connectivity index (χ1) is 10.6. The van der Waals surface area contributed by atoms with Crippen LogP contribution in [0.25, 0.3) is 0 Å². The molecule has 0 atom stereocenters. The predicted molar refractivity (Wildman–Crippen MR) is 84.2 cm³/mol. The summed E-state index contributed by atoms with van der Waals surface area (Å²) in [5, 5.41) is 5.55.